The largest absolute Gasteiger partial charge is 0.349 e. The first-order valence-corrected chi connectivity index (χ1v) is 6.84. The molecule has 0 spiro atoms. The van der Waals surface area contributed by atoms with E-state index in [0.717, 1.165) is 12.1 Å². The number of likely N-dealkylation sites (N-methyl/N-ethyl adjacent to an activating group) is 1. The maximum atomic E-state index is 11.9. The molecule has 1 saturated carbocycles. The number of hydrogen-bond acceptors (Lipinski definition) is 4. The highest BCUT2D eigenvalue weighted by Crippen LogP contribution is 2.24. The summed E-state index contributed by atoms with van der Waals surface area (Å²) in [5.74, 6) is 5.47. The van der Waals surface area contributed by atoms with Crippen molar-refractivity contribution in [3.05, 3.63) is 29.6 Å². The van der Waals surface area contributed by atoms with E-state index >= 15 is 0 Å². The van der Waals surface area contributed by atoms with Crippen LogP contribution in [-0.4, -0.2) is 48.5 Å². The summed E-state index contributed by atoms with van der Waals surface area (Å²) in [6, 6.07) is 4.17. The SMILES string of the molecule is CN(CCNC(=O)c1ccc(C#CCN)cn1)C1CC1. The minimum Gasteiger partial charge on any atom is -0.349 e. The number of amides is 1. The Kier molecular flexibility index (Phi) is 5.10. The second-order valence-electron chi connectivity index (χ2n) is 4.91. The lowest BCUT2D eigenvalue weighted by Crippen LogP contribution is -2.34. The van der Waals surface area contributed by atoms with E-state index in [1.165, 1.54) is 12.8 Å². The summed E-state index contributed by atoms with van der Waals surface area (Å²) in [6.45, 7) is 1.83. The minimum atomic E-state index is -0.146. The lowest BCUT2D eigenvalue weighted by Gasteiger charge is -2.15. The van der Waals surface area contributed by atoms with Crippen molar-refractivity contribution < 1.29 is 4.79 Å². The summed E-state index contributed by atoms with van der Waals surface area (Å²) in [5, 5.41) is 2.88. The molecule has 0 atom stereocenters. The summed E-state index contributed by atoms with van der Waals surface area (Å²) in [4.78, 5) is 18.3. The molecule has 0 bridgehead atoms. The van der Waals surface area contributed by atoms with E-state index < -0.39 is 0 Å². The van der Waals surface area contributed by atoms with Gasteiger partial charge in [0.1, 0.15) is 5.69 Å². The van der Waals surface area contributed by atoms with Crippen LogP contribution in [0.4, 0.5) is 0 Å². The predicted octanol–water partition coefficient (Wildman–Crippen LogP) is 0.216. The van der Waals surface area contributed by atoms with Crippen LogP contribution in [0, 0.1) is 11.8 Å². The third kappa shape index (κ3) is 4.34. The van der Waals surface area contributed by atoms with E-state index in [4.69, 9.17) is 5.73 Å². The van der Waals surface area contributed by atoms with Crippen molar-refractivity contribution >= 4 is 5.91 Å². The number of carbonyl (C=O) groups excluding carboxylic acids is 1. The normalized spacial score (nSPS) is 13.8. The van der Waals surface area contributed by atoms with Crippen molar-refractivity contribution in [3.63, 3.8) is 0 Å². The van der Waals surface area contributed by atoms with Gasteiger partial charge in [-0.05, 0) is 32.0 Å². The topological polar surface area (TPSA) is 71.2 Å². The molecule has 1 heterocycles. The molecule has 0 aliphatic heterocycles. The predicted molar refractivity (Wildman–Crippen MR) is 78.2 cm³/mol. The van der Waals surface area contributed by atoms with Gasteiger partial charge in [-0.25, -0.2) is 4.98 Å². The van der Waals surface area contributed by atoms with Crippen LogP contribution in [-0.2, 0) is 0 Å². The Hall–Kier alpha value is -1.90. The van der Waals surface area contributed by atoms with Crippen molar-refractivity contribution in [1.82, 2.24) is 15.2 Å². The van der Waals surface area contributed by atoms with Crippen molar-refractivity contribution in [1.29, 1.82) is 0 Å². The van der Waals surface area contributed by atoms with Crippen molar-refractivity contribution in [3.8, 4) is 11.8 Å². The van der Waals surface area contributed by atoms with Crippen LogP contribution in [0.5, 0.6) is 0 Å². The van der Waals surface area contributed by atoms with Gasteiger partial charge in [-0.2, -0.15) is 0 Å². The molecule has 5 heteroatoms. The van der Waals surface area contributed by atoms with Crippen LogP contribution in [0.1, 0.15) is 28.9 Å². The Balaban J connectivity index is 1.79. The number of nitrogens with two attached hydrogens (primary N) is 1. The Labute approximate surface area is 119 Å². The summed E-state index contributed by atoms with van der Waals surface area (Å²) in [5.41, 5.74) is 6.48. The van der Waals surface area contributed by atoms with Gasteiger partial charge in [0.05, 0.1) is 6.54 Å². The second-order valence-corrected chi connectivity index (χ2v) is 4.91. The standard InChI is InChI=1S/C15H20N4O/c1-19(13-5-6-13)10-9-17-15(20)14-7-4-12(11-18-14)3-2-8-16/h4,7,11,13H,5-6,8-10,16H2,1H3,(H,17,20). The number of carbonyl (C=O) groups is 1. The van der Waals surface area contributed by atoms with Gasteiger partial charge in [0.15, 0.2) is 0 Å². The lowest BCUT2D eigenvalue weighted by molar-refractivity contribution is 0.0944. The molecule has 1 aliphatic rings. The molecule has 2 rings (SSSR count). The van der Waals surface area contributed by atoms with Crippen molar-refractivity contribution in [2.24, 2.45) is 5.73 Å². The third-order valence-electron chi connectivity index (χ3n) is 3.25. The molecule has 3 N–H and O–H groups in total. The Morgan fingerprint density at radius 3 is 2.95 bits per heavy atom. The summed E-state index contributed by atoms with van der Waals surface area (Å²) < 4.78 is 0. The molecule has 20 heavy (non-hydrogen) atoms. The van der Waals surface area contributed by atoms with Crippen LogP contribution in [0.15, 0.2) is 18.3 Å². The number of nitrogens with zero attached hydrogens (tertiary/aromatic N) is 2. The number of pyridine rings is 1. The van der Waals surface area contributed by atoms with Crippen LogP contribution in [0.25, 0.3) is 0 Å². The van der Waals surface area contributed by atoms with Crippen LogP contribution in [0.2, 0.25) is 0 Å². The van der Waals surface area contributed by atoms with E-state index in [9.17, 15) is 4.79 Å². The molecule has 1 aromatic rings. The summed E-state index contributed by atoms with van der Waals surface area (Å²) in [6.07, 6.45) is 4.14. The highest BCUT2D eigenvalue weighted by molar-refractivity contribution is 5.92. The molecule has 0 saturated heterocycles. The molecule has 0 unspecified atom stereocenters. The van der Waals surface area contributed by atoms with E-state index in [1.807, 2.05) is 0 Å². The lowest BCUT2D eigenvalue weighted by atomic mass is 10.2. The van der Waals surface area contributed by atoms with Crippen LogP contribution >= 0.6 is 0 Å². The molecule has 0 aromatic carbocycles. The Bertz CT molecular complexity index is 511. The van der Waals surface area contributed by atoms with E-state index in [0.29, 0.717) is 24.8 Å². The maximum Gasteiger partial charge on any atom is 0.269 e. The Morgan fingerprint density at radius 2 is 2.35 bits per heavy atom. The summed E-state index contributed by atoms with van der Waals surface area (Å²) >= 11 is 0. The average Bonchev–Trinajstić information content (AvgIpc) is 3.30. The zero-order chi connectivity index (χ0) is 14.4. The zero-order valence-corrected chi connectivity index (χ0v) is 11.7. The maximum absolute atomic E-state index is 11.9. The van der Waals surface area contributed by atoms with E-state index in [1.54, 1.807) is 18.3 Å². The number of hydrogen-bond donors (Lipinski definition) is 2. The van der Waals surface area contributed by atoms with E-state index in [2.05, 4.69) is 34.1 Å². The average molecular weight is 272 g/mol. The smallest absolute Gasteiger partial charge is 0.269 e. The fourth-order valence-corrected chi connectivity index (χ4v) is 1.89. The molecule has 0 radical (unpaired) electrons. The number of nitrogens with one attached hydrogen (secondary N) is 1. The quantitative estimate of drug-likeness (QED) is 0.752. The summed E-state index contributed by atoms with van der Waals surface area (Å²) in [7, 11) is 2.09. The molecule has 1 aromatic heterocycles. The first-order chi connectivity index (χ1) is 9.70. The highest BCUT2D eigenvalue weighted by Gasteiger charge is 2.25. The van der Waals surface area contributed by atoms with Crippen molar-refractivity contribution in [2.45, 2.75) is 18.9 Å². The van der Waals surface area contributed by atoms with Gasteiger partial charge in [-0.1, -0.05) is 11.8 Å². The molecule has 106 valence electrons. The van der Waals surface area contributed by atoms with Crippen molar-refractivity contribution in [2.75, 3.05) is 26.7 Å². The zero-order valence-electron chi connectivity index (χ0n) is 11.7. The number of aromatic nitrogens is 1. The van der Waals surface area contributed by atoms with Gasteiger partial charge in [0.25, 0.3) is 5.91 Å². The first-order valence-electron chi connectivity index (χ1n) is 6.84. The fourth-order valence-electron chi connectivity index (χ4n) is 1.89. The first kappa shape index (κ1) is 14.5. The van der Waals surface area contributed by atoms with Gasteiger partial charge in [-0.3, -0.25) is 4.79 Å². The second kappa shape index (κ2) is 7.04. The Morgan fingerprint density at radius 1 is 1.55 bits per heavy atom. The molecule has 1 amide bonds. The van der Waals surface area contributed by atoms with Gasteiger partial charge >= 0.3 is 0 Å². The molecular weight excluding hydrogens is 252 g/mol. The van der Waals surface area contributed by atoms with Crippen LogP contribution < -0.4 is 11.1 Å². The number of rotatable bonds is 5. The molecule has 5 nitrogen and oxygen atoms in total. The monoisotopic (exact) mass is 272 g/mol. The van der Waals surface area contributed by atoms with Gasteiger partial charge in [0, 0.05) is 30.9 Å². The van der Waals surface area contributed by atoms with E-state index in [-0.39, 0.29) is 5.91 Å². The fraction of sp³-hybridized carbons (Fsp3) is 0.467. The van der Waals surface area contributed by atoms with Gasteiger partial charge in [0.2, 0.25) is 0 Å². The third-order valence-corrected chi connectivity index (χ3v) is 3.25. The highest BCUT2D eigenvalue weighted by atomic mass is 16.1. The minimum absolute atomic E-state index is 0.146. The van der Waals surface area contributed by atoms with Crippen LogP contribution in [0.3, 0.4) is 0 Å². The molecule has 1 aliphatic carbocycles. The van der Waals surface area contributed by atoms with Gasteiger partial charge < -0.3 is 16.0 Å². The molecule has 1 fully saturated rings. The molecular formula is C15H20N4O. The van der Waals surface area contributed by atoms with Gasteiger partial charge in [-0.15, -0.1) is 0 Å².